The number of hydrogen-bond acceptors (Lipinski definition) is 9. The van der Waals surface area contributed by atoms with Crippen molar-refractivity contribution >= 4 is 40.8 Å². The van der Waals surface area contributed by atoms with Gasteiger partial charge in [-0.3, -0.25) is 19.3 Å². The third-order valence-electron chi connectivity index (χ3n) is 8.00. The van der Waals surface area contributed by atoms with E-state index in [9.17, 15) is 24.6 Å². The Bertz CT molecular complexity index is 1910. The van der Waals surface area contributed by atoms with Gasteiger partial charge in [0.2, 0.25) is 5.43 Å². The maximum Gasteiger partial charge on any atom is 0.276 e. The van der Waals surface area contributed by atoms with Crippen LogP contribution < -0.4 is 21.2 Å². The standard InChI is InChI=1S/C33H32FN7O5/c34-26-15-24-27(41(23-9-10-23)19-25(32(24)45)33(46)38-36-18-22-6-2-4-8-30(22)43)16-28(26)40-13-11-39(12-14-40)20-31(44)37-35-17-21-5-1-3-7-29(21)42/h1-8,15-19,23,42-43H,9-14,20H2,(H,37,44)(H,38,46)/b35-17-,36-18+. The Balaban J connectivity index is 1.13. The minimum atomic E-state index is -0.735. The van der Waals surface area contributed by atoms with E-state index in [1.165, 1.54) is 36.8 Å². The van der Waals surface area contributed by atoms with E-state index in [4.69, 9.17) is 0 Å². The van der Waals surface area contributed by atoms with Crippen LogP contribution >= 0.6 is 0 Å². The van der Waals surface area contributed by atoms with Gasteiger partial charge in [-0.05, 0) is 49.2 Å². The summed E-state index contributed by atoms with van der Waals surface area (Å²) in [5.74, 6) is -1.57. The minimum absolute atomic E-state index is 0.00713. The van der Waals surface area contributed by atoms with Gasteiger partial charge in [0.15, 0.2) is 0 Å². The number of para-hydroxylation sites is 2. The maximum absolute atomic E-state index is 15.6. The fourth-order valence-corrected chi connectivity index (χ4v) is 5.39. The van der Waals surface area contributed by atoms with Gasteiger partial charge < -0.3 is 19.7 Å². The number of fused-ring (bicyclic) bond motifs is 1. The molecule has 1 aliphatic heterocycles. The van der Waals surface area contributed by atoms with Crippen molar-refractivity contribution in [2.24, 2.45) is 10.2 Å². The number of benzene rings is 3. The molecule has 46 heavy (non-hydrogen) atoms. The fraction of sp³-hybridized carbons (Fsp3) is 0.242. The van der Waals surface area contributed by atoms with Crippen molar-refractivity contribution in [1.29, 1.82) is 0 Å². The van der Waals surface area contributed by atoms with Gasteiger partial charge in [-0.15, -0.1) is 0 Å². The Labute approximate surface area is 263 Å². The minimum Gasteiger partial charge on any atom is -0.507 e. The molecule has 2 aliphatic rings. The maximum atomic E-state index is 15.6. The van der Waals surface area contributed by atoms with E-state index in [1.807, 2.05) is 14.4 Å². The molecule has 1 aromatic heterocycles. The molecule has 1 aliphatic carbocycles. The molecule has 12 nitrogen and oxygen atoms in total. The second kappa shape index (κ2) is 13.2. The highest BCUT2D eigenvalue weighted by molar-refractivity contribution is 5.98. The van der Waals surface area contributed by atoms with E-state index in [1.54, 1.807) is 42.5 Å². The smallest absolute Gasteiger partial charge is 0.276 e. The van der Waals surface area contributed by atoms with Gasteiger partial charge in [-0.2, -0.15) is 10.2 Å². The molecular weight excluding hydrogens is 593 g/mol. The molecule has 4 aromatic rings. The first-order chi connectivity index (χ1) is 22.3. The largest absolute Gasteiger partial charge is 0.507 e. The van der Waals surface area contributed by atoms with Crippen molar-refractivity contribution in [3.8, 4) is 11.5 Å². The number of phenolic OH excluding ortho intramolecular Hbond substituents is 2. The van der Waals surface area contributed by atoms with E-state index < -0.39 is 17.2 Å². The number of halogens is 1. The second-order valence-corrected chi connectivity index (χ2v) is 11.2. The predicted molar refractivity (Wildman–Crippen MR) is 172 cm³/mol. The number of hydrazone groups is 2. The molecule has 2 fully saturated rings. The first-order valence-electron chi connectivity index (χ1n) is 14.9. The van der Waals surface area contributed by atoms with Crippen LogP contribution in [0.3, 0.4) is 0 Å². The molecule has 13 heteroatoms. The van der Waals surface area contributed by atoms with Gasteiger partial charge in [0.25, 0.3) is 11.8 Å². The zero-order valence-electron chi connectivity index (χ0n) is 24.8. The van der Waals surface area contributed by atoms with Crippen LogP contribution in [0.2, 0.25) is 0 Å². The lowest BCUT2D eigenvalue weighted by Gasteiger charge is -2.36. The molecule has 236 valence electrons. The predicted octanol–water partition coefficient (Wildman–Crippen LogP) is 2.92. The highest BCUT2D eigenvalue weighted by atomic mass is 19.1. The molecule has 0 radical (unpaired) electrons. The number of carbonyl (C=O) groups excluding carboxylic acids is 2. The number of pyridine rings is 1. The Kier molecular flexibility index (Phi) is 8.74. The quantitative estimate of drug-likeness (QED) is 0.165. The number of anilines is 1. The third kappa shape index (κ3) is 6.74. The summed E-state index contributed by atoms with van der Waals surface area (Å²) < 4.78 is 17.4. The van der Waals surface area contributed by atoms with Crippen LogP contribution in [0.5, 0.6) is 11.5 Å². The average Bonchev–Trinajstić information content (AvgIpc) is 3.89. The van der Waals surface area contributed by atoms with E-state index >= 15 is 4.39 Å². The van der Waals surface area contributed by atoms with Crippen LogP contribution in [-0.4, -0.2) is 76.6 Å². The highest BCUT2D eigenvalue weighted by Crippen LogP contribution is 2.38. The van der Waals surface area contributed by atoms with Gasteiger partial charge in [0, 0.05) is 54.9 Å². The van der Waals surface area contributed by atoms with Crippen molar-refractivity contribution in [2.75, 3.05) is 37.6 Å². The third-order valence-corrected chi connectivity index (χ3v) is 8.00. The van der Waals surface area contributed by atoms with Crippen molar-refractivity contribution in [3.05, 3.63) is 99.6 Å². The number of nitrogens with one attached hydrogen (secondary N) is 2. The molecule has 4 N–H and O–H groups in total. The topological polar surface area (TPSA) is 152 Å². The molecule has 2 heterocycles. The number of aromatic nitrogens is 1. The first-order valence-corrected chi connectivity index (χ1v) is 14.9. The molecule has 0 spiro atoms. The van der Waals surface area contributed by atoms with Gasteiger partial charge in [0.1, 0.15) is 22.9 Å². The zero-order chi connectivity index (χ0) is 32.2. The summed E-state index contributed by atoms with van der Waals surface area (Å²) in [6.07, 6.45) is 5.89. The molecule has 0 atom stereocenters. The van der Waals surface area contributed by atoms with E-state index in [0.717, 1.165) is 12.8 Å². The summed E-state index contributed by atoms with van der Waals surface area (Å²) >= 11 is 0. The first kappa shape index (κ1) is 30.5. The Morgan fingerprint density at radius 3 is 2.11 bits per heavy atom. The molecule has 2 amide bonds. The van der Waals surface area contributed by atoms with Crippen LogP contribution in [0.1, 0.15) is 40.4 Å². The normalized spacial score (nSPS) is 15.5. The van der Waals surface area contributed by atoms with Gasteiger partial charge in [0.05, 0.1) is 30.2 Å². The molecular formula is C33H32FN7O5. The van der Waals surface area contributed by atoms with Crippen molar-refractivity contribution in [2.45, 2.75) is 18.9 Å². The molecule has 3 aromatic carbocycles. The number of piperazine rings is 1. The van der Waals surface area contributed by atoms with Crippen LogP contribution in [0.25, 0.3) is 10.9 Å². The number of rotatable bonds is 9. The average molecular weight is 626 g/mol. The highest BCUT2D eigenvalue weighted by Gasteiger charge is 2.29. The second-order valence-electron chi connectivity index (χ2n) is 11.2. The lowest BCUT2D eigenvalue weighted by molar-refractivity contribution is -0.122. The lowest BCUT2D eigenvalue weighted by Crippen LogP contribution is -2.49. The Morgan fingerprint density at radius 1 is 0.891 bits per heavy atom. The number of hydrogen-bond donors (Lipinski definition) is 4. The molecule has 0 bridgehead atoms. The van der Waals surface area contributed by atoms with Crippen molar-refractivity contribution in [1.82, 2.24) is 20.3 Å². The summed E-state index contributed by atoms with van der Waals surface area (Å²) in [6, 6.07) is 16.1. The van der Waals surface area contributed by atoms with E-state index in [0.29, 0.717) is 48.5 Å². The van der Waals surface area contributed by atoms with E-state index in [2.05, 4.69) is 21.1 Å². The van der Waals surface area contributed by atoms with E-state index in [-0.39, 0.29) is 40.9 Å². The van der Waals surface area contributed by atoms with Gasteiger partial charge in [-0.1, -0.05) is 24.3 Å². The SMILES string of the molecule is O=C(CN1CCN(c2cc3c(cc2F)c(=O)c(C(=O)N/N=C/c2ccccc2O)cn3C2CC2)CC1)N/N=C\c1ccccc1O. The van der Waals surface area contributed by atoms with Crippen LogP contribution in [-0.2, 0) is 4.79 Å². The van der Waals surface area contributed by atoms with Crippen molar-refractivity contribution in [3.63, 3.8) is 0 Å². The molecule has 6 rings (SSSR count). The summed E-state index contributed by atoms with van der Waals surface area (Å²) in [6.45, 7) is 2.03. The van der Waals surface area contributed by atoms with Crippen LogP contribution in [0.15, 0.2) is 81.9 Å². The monoisotopic (exact) mass is 625 g/mol. The molecule has 1 saturated heterocycles. The number of amides is 2. The van der Waals surface area contributed by atoms with Gasteiger partial charge >= 0.3 is 0 Å². The molecule has 1 saturated carbocycles. The summed E-state index contributed by atoms with van der Waals surface area (Å²) in [7, 11) is 0. The number of carbonyl (C=O) groups is 2. The Hall–Kier alpha value is -5.56. The van der Waals surface area contributed by atoms with Crippen molar-refractivity contribution < 1.29 is 24.2 Å². The van der Waals surface area contributed by atoms with Crippen LogP contribution in [0, 0.1) is 5.82 Å². The fourth-order valence-electron chi connectivity index (χ4n) is 5.39. The van der Waals surface area contributed by atoms with Crippen LogP contribution in [0.4, 0.5) is 10.1 Å². The number of phenols is 2. The van der Waals surface area contributed by atoms with Gasteiger partial charge in [-0.25, -0.2) is 15.2 Å². The lowest BCUT2D eigenvalue weighted by atomic mass is 10.1. The summed E-state index contributed by atoms with van der Waals surface area (Å²) in [4.78, 5) is 42.6. The Morgan fingerprint density at radius 2 is 1.50 bits per heavy atom. The number of nitrogens with zero attached hydrogens (tertiary/aromatic N) is 5. The summed E-state index contributed by atoms with van der Waals surface area (Å²) in [5, 5.41) is 27.6. The zero-order valence-corrected chi connectivity index (χ0v) is 24.8. The summed E-state index contributed by atoms with van der Waals surface area (Å²) in [5.41, 5.74) is 5.81. The molecule has 0 unspecified atom stereocenters. The number of aromatic hydroxyl groups is 2.